The Labute approximate surface area is 113 Å². The lowest BCUT2D eigenvalue weighted by atomic mass is 10.1. The van der Waals surface area contributed by atoms with Gasteiger partial charge in [-0.05, 0) is 19.8 Å². The van der Waals surface area contributed by atoms with Crippen LogP contribution in [0.3, 0.4) is 0 Å². The highest BCUT2D eigenvalue weighted by Gasteiger charge is 2.21. The van der Waals surface area contributed by atoms with Gasteiger partial charge in [0, 0.05) is 12.6 Å². The van der Waals surface area contributed by atoms with Crippen LogP contribution in [0, 0.1) is 0 Å². The Morgan fingerprint density at radius 2 is 2.00 bits per heavy atom. The fraction of sp³-hybridized carbons (Fsp3) is 0.692. The number of aliphatic hydroxyl groups is 1. The zero-order valence-electron chi connectivity index (χ0n) is 11.4. The van der Waals surface area contributed by atoms with Crippen LogP contribution < -0.4 is 16.4 Å². The Hall–Kier alpha value is -1.56. The van der Waals surface area contributed by atoms with Gasteiger partial charge in [0.15, 0.2) is 0 Å². The molecule has 6 heteroatoms. The number of aromatic nitrogens is 2. The fourth-order valence-corrected chi connectivity index (χ4v) is 2.46. The predicted octanol–water partition coefficient (Wildman–Crippen LogP) is 1.60. The minimum atomic E-state index is -0.318. The van der Waals surface area contributed by atoms with Crippen molar-refractivity contribution in [2.45, 2.75) is 51.2 Å². The van der Waals surface area contributed by atoms with Crippen molar-refractivity contribution in [2.75, 3.05) is 22.9 Å². The molecule has 1 aromatic heterocycles. The van der Waals surface area contributed by atoms with E-state index in [1.54, 1.807) is 0 Å². The first kappa shape index (κ1) is 13.9. The maximum Gasteiger partial charge on any atom is 0.223 e. The number of nitrogens with one attached hydrogen (secondary N) is 2. The van der Waals surface area contributed by atoms with E-state index in [-0.39, 0.29) is 18.1 Å². The third-order valence-electron chi connectivity index (χ3n) is 3.41. The smallest absolute Gasteiger partial charge is 0.223 e. The Kier molecular flexibility index (Phi) is 4.79. The van der Waals surface area contributed by atoms with E-state index in [0.717, 1.165) is 32.2 Å². The van der Waals surface area contributed by atoms with Crippen LogP contribution in [0.4, 0.5) is 17.6 Å². The van der Waals surface area contributed by atoms with E-state index in [1.165, 1.54) is 6.42 Å². The Bertz CT molecular complexity index is 412. The van der Waals surface area contributed by atoms with E-state index in [4.69, 9.17) is 5.73 Å². The van der Waals surface area contributed by atoms with E-state index in [1.807, 2.05) is 13.0 Å². The third-order valence-corrected chi connectivity index (χ3v) is 3.41. The van der Waals surface area contributed by atoms with Gasteiger partial charge in [0.25, 0.3) is 0 Å². The van der Waals surface area contributed by atoms with Crippen molar-refractivity contribution in [1.82, 2.24) is 9.97 Å². The highest BCUT2D eigenvalue weighted by molar-refractivity contribution is 5.51. The monoisotopic (exact) mass is 265 g/mol. The summed E-state index contributed by atoms with van der Waals surface area (Å²) < 4.78 is 0. The Balaban J connectivity index is 2.08. The van der Waals surface area contributed by atoms with Gasteiger partial charge >= 0.3 is 0 Å². The molecule has 0 aromatic carbocycles. The van der Waals surface area contributed by atoms with Crippen molar-refractivity contribution in [1.29, 1.82) is 0 Å². The molecule has 19 heavy (non-hydrogen) atoms. The van der Waals surface area contributed by atoms with Gasteiger partial charge in [0.05, 0.1) is 12.1 Å². The van der Waals surface area contributed by atoms with Crippen molar-refractivity contribution in [3.05, 3.63) is 6.07 Å². The molecule has 0 aliphatic heterocycles. The van der Waals surface area contributed by atoms with Gasteiger partial charge in [-0.2, -0.15) is 9.97 Å². The summed E-state index contributed by atoms with van der Waals surface area (Å²) in [7, 11) is 0. The molecule has 1 aliphatic carbocycles. The summed E-state index contributed by atoms with van der Waals surface area (Å²) in [5, 5.41) is 16.5. The minimum absolute atomic E-state index is 0.0475. The van der Waals surface area contributed by atoms with Crippen molar-refractivity contribution in [3.63, 3.8) is 0 Å². The Morgan fingerprint density at radius 3 is 2.79 bits per heavy atom. The van der Waals surface area contributed by atoms with E-state index < -0.39 is 0 Å². The third kappa shape index (κ3) is 3.96. The lowest BCUT2D eigenvalue weighted by Gasteiger charge is -2.22. The van der Waals surface area contributed by atoms with Crippen molar-refractivity contribution in [3.8, 4) is 0 Å². The van der Waals surface area contributed by atoms with E-state index in [0.29, 0.717) is 11.6 Å². The molecule has 1 saturated carbocycles. The summed E-state index contributed by atoms with van der Waals surface area (Å²) in [4.78, 5) is 8.29. The van der Waals surface area contributed by atoms with Gasteiger partial charge < -0.3 is 21.5 Å². The largest absolute Gasteiger partial charge is 0.391 e. The van der Waals surface area contributed by atoms with Crippen LogP contribution in [-0.4, -0.2) is 33.8 Å². The van der Waals surface area contributed by atoms with Gasteiger partial charge in [-0.1, -0.05) is 19.3 Å². The molecule has 0 amide bonds. The molecule has 1 aromatic rings. The molecule has 0 bridgehead atoms. The Morgan fingerprint density at radius 1 is 1.26 bits per heavy atom. The minimum Gasteiger partial charge on any atom is -0.391 e. The predicted molar refractivity (Wildman–Crippen MR) is 77.1 cm³/mol. The average molecular weight is 265 g/mol. The van der Waals surface area contributed by atoms with E-state index in [2.05, 4.69) is 20.6 Å². The number of aliphatic hydroxyl groups excluding tert-OH is 1. The molecular formula is C13H23N5O. The quantitative estimate of drug-likeness (QED) is 0.617. The second-order valence-electron chi connectivity index (χ2n) is 4.98. The highest BCUT2D eigenvalue weighted by atomic mass is 16.3. The molecule has 2 atom stereocenters. The number of hydrogen-bond donors (Lipinski definition) is 4. The second kappa shape index (κ2) is 6.56. The van der Waals surface area contributed by atoms with Crippen LogP contribution in [0.5, 0.6) is 0 Å². The average Bonchev–Trinajstić information content (AvgIpc) is 2.55. The first-order valence-corrected chi connectivity index (χ1v) is 7.02. The molecule has 0 spiro atoms. The zero-order chi connectivity index (χ0) is 13.7. The molecule has 0 saturated heterocycles. The first-order chi connectivity index (χ1) is 9.19. The molecule has 1 aliphatic rings. The molecule has 106 valence electrons. The molecule has 0 radical (unpaired) electrons. The SMILES string of the molecule is CCNc1cc(NC2CCCCCC2O)nc(N)n1. The van der Waals surface area contributed by atoms with Crippen LogP contribution in [0.15, 0.2) is 6.07 Å². The van der Waals surface area contributed by atoms with E-state index >= 15 is 0 Å². The van der Waals surface area contributed by atoms with Gasteiger partial charge in [0.2, 0.25) is 5.95 Å². The normalized spacial score (nSPS) is 23.7. The topological polar surface area (TPSA) is 96.1 Å². The number of nitrogen functional groups attached to an aromatic ring is 1. The number of hydrogen-bond acceptors (Lipinski definition) is 6. The lowest BCUT2D eigenvalue weighted by molar-refractivity contribution is 0.144. The molecule has 6 nitrogen and oxygen atoms in total. The number of anilines is 3. The molecule has 1 heterocycles. The van der Waals surface area contributed by atoms with Crippen molar-refractivity contribution < 1.29 is 5.11 Å². The molecular weight excluding hydrogens is 242 g/mol. The summed E-state index contributed by atoms with van der Waals surface area (Å²) in [6.07, 6.45) is 4.90. The van der Waals surface area contributed by atoms with Crippen molar-refractivity contribution in [2.24, 2.45) is 0 Å². The molecule has 2 rings (SSSR count). The zero-order valence-corrected chi connectivity index (χ0v) is 11.4. The van der Waals surface area contributed by atoms with E-state index in [9.17, 15) is 5.11 Å². The van der Waals surface area contributed by atoms with Crippen LogP contribution in [-0.2, 0) is 0 Å². The van der Waals surface area contributed by atoms with Crippen LogP contribution in [0.25, 0.3) is 0 Å². The maximum absolute atomic E-state index is 10.1. The first-order valence-electron chi connectivity index (χ1n) is 7.02. The second-order valence-corrected chi connectivity index (χ2v) is 4.98. The maximum atomic E-state index is 10.1. The summed E-state index contributed by atoms with van der Waals surface area (Å²) in [6.45, 7) is 2.78. The lowest BCUT2D eigenvalue weighted by Crippen LogP contribution is -2.32. The number of nitrogens with zero attached hydrogens (tertiary/aromatic N) is 2. The standard InChI is InChI=1S/C13H23N5O/c1-2-15-11-8-12(18-13(14)17-11)16-9-6-4-3-5-7-10(9)19/h8-10,19H,2-7H2,1H3,(H4,14,15,16,17,18). The van der Waals surface area contributed by atoms with Crippen molar-refractivity contribution >= 4 is 17.6 Å². The van der Waals surface area contributed by atoms with Gasteiger partial charge in [-0.3, -0.25) is 0 Å². The summed E-state index contributed by atoms with van der Waals surface area (Å²) in [5.74, 6) is 1.62. The molecule has 1 fully saturated rings. The van der Waals surface area contributed by atoms with Gasteiger partial charge in [0.1, 0.15) is 11.6 Å². The number of nitrogens with two attached hydrogens (primary N) is 1. The molecule has 2 unspecified atom stereocenters. The molecule has 5 N–H and O–H groups in total. The van der Waals surface area contributed by atoms with Crippen LogP contribution in [0.1, 0.15) is 39.0 Å². The summed E-state index contributed by atoms with van der Waals surface area (Å²) in [5.41, 5.74) is 5.70. The highest BCUT2D eigenvalue weighted by Crippen LogP contribution is 2.22. The number of rotatable bonds is 4. The van der Waals surface area contributed by atoms with Gasteiger partial charge in [-0.25, -0.2) is 0 Å². The summed E-state index contributed by atoms with van der Waals surface area (Å²) in [6, 6.07) is 1.88. The van der Waals surface area contributed by atoms with Crippen LogP contribution in [0.2, 0.25) is 0 Å². The van der Waals surface area contributed by atoms with Gasteiger partial charge in [-0.15, -0.1) is 0 Å². The van der Waals surface area contributed by atoms with Crippen LogP contribution >= 0.6 is 0 Å². The fourth-order valence-electron chi connectivity index (χ4n) is 2.46. The summed E-state index contributed by atoms with van der Waals surface area (Å²) >= 11 is 0.